The van der Waals surface area contributed by atoms with Crippen LogP contribution in [0, 0.1) is 0 Å². The number of benzene rings is 2. The molecule has 1 aliphatic heterocycles. The van der Waals surface area contributed by atoms with Crippen LogP contribution in [0.25, 0.3) is 0 Å². The van der Waals surface area contributed by atoms with Gasteiger partial charge < -0.3 is 14.9 Å². The van der Waals surface area contributed by atoms with Crippen molar-refractivity contribution in [1.29, 1.82) is 0 Å². The number of ether oxygens (including phenoxy) is 1. The van der Waals surface area contributed by atoms with Gasteiger partial charge in [0.2, 0.25) is 0 Å². The van der Waals surface area contributed by atoms with Gasteiger partial charge in [0.25, 0.3) is 0 Å². The van der Waals surface area contributed by atoms with E-state index in [4.69, 9.17) is 4.74 Å². The molecule has 0 amide bonds. The second-order valence-electron chi connectivity index (χ2n) is 6.30. The van der Waals surface area contributed by atoms with Crippen LogP contribution < -0.4 is 4.74 Å². The summed E-state index contributed by atoms with van der Waals surface area (Å²) in [5, 5.41) is 19.7. The van der Waals surface area contributed by atoms with Crippen molar-refractivity contribution in [3.05, 3.63) is 47.0 Å². The summed E-state index contributed by atoms with van der Waals surface area (Å²) in [5.41, 5.74) is 3.29. The van der Waals surface area contributed by atoms with Crippen molar-refractivity contribution in [2.75, 3.05) is 0 Å². The molecule has 2 aromatic rings. The van der Waals surface area contributed by atoms with Gasteiger partial charge in [0, 0.05) is 17.7 Å². The van der Waals surface area contributed by atoms with Crippen LogP contribution in [0.5, 0.6) is 23.0 Å². The Bertz CT molecular complexity index is 692. The molecule has 0 atom stereocenters. The van der Waals surface area contributed by atoms with Crippen LogP contribution in [0.2, 0.25) is 0 Å². The van der Waals surface area contributed by atoms with Crippen molar-refractivity contribution >= 4 is 0 Å². The van der Waals surface area contributed by atoms with Gasteiger partial charge in [-0.1, -0.05) is 38.3 Å². The maximum absolute atomic E-state index is 10.0. The van der Waals surface area contributed by atoms with Crippen LogP contribution in [0.1, 0.15) is 49.3 Å². The molecule has 1 aliphatic rings. The quantitative estimate of drug-likeness (QED) is 0.754. The van der Waals surface area contributed by atoms with E-state index in [1.807, 2.05) is 6.07 Å². The maximum Gasteiger partial charge on any atom is 0.138 e. The molecule has 0 unspecified atom stereocenters. The normalized spacial score (nSPS) is 12.9. The van der Waals surface area contributed by atoms with E-state index in [0.29, 0.717) is 12.2 Å². The maximum atomic E-state index is 10.0. The number of aromatic hydroxyl groups is 2. The Balaban J connectivity index is 1.78. The van der Waals surface area contributed by atoms with Crippen LogP contribution >= 0.6 is 0 Å². The first-order chi connectivity index (χ1) is 11.2. The van der Waals surface area contributed by atoms with E-state index in [1.165, 1.54) is 42.9 Å². The van der Waals surface area contributed by atoms with E-state index >= 15 is 0 Å². The molecular weight excluding hydrogens is 288 g/mol. The van der Waals surface area contributed by atoms with E-state index in [1.54, 1.807) is 6.07 Å². The van der Waals surface area contributed by atoms with E-state index in [-0.39, 0.29) is 11.5 Å². The van der Waals surface area contributed by atoms with Crippen LogP contribution in [0.15, 0.2) is 30.3 Å². The molecule has 0 bridgehead atoms. The third kappa shape index (κ3) is 3.61. The van der Waals surface area contributed by atoms with Gasteiger partial charge in [-0.15, -0.1) is 0 Å². The average molecular weight is 312 g/mol. The minimum absolute atomic E-state index is 0.0252. The zero-order chi connectivity index (χ0) is 16.2. The lowest BCUT2D eigenvalue weighted by atomic mass is 9.99. The number of hydrogen-bond donors (Lipinski definition) is 2. The highest BCUT2D eigenvalue weighted by Crippen LogP contribution is 2.40. The van der Waals surface area contributed by atoms with Crippen molar-refractivity contribution in [2.24, 2.45) is 0 Å². The van der Waals surface area contributed by atoms with Gasteiger partial charge in [-0.3, -0.25) is 0 Å². The Morgan fingerprint density at radius 3 is 2.65 bits per heavy atom. The Hall–Kier alpha value is -2.16. The van der Waals surface area contributed by atoms with Crippen molar-refractivity contribution in [3.8, 4) is 23.0 Å². The molecule has 23 heavy (non-hydrogen) atoms. The number of aryl methyl sites for hydroxylation is 2. The number of hydrogen-bond acceptors (Lipinski definition) is 3. The van der Waals surface area contributed by atoms with Crippen LogP contribution in [0.3, 0.4) is 0 Å². The highest BCUT2D eigenvalue weighted by molar-refractivity contribution is 5.54. The molecule has 2 aromatic carbocycles. The Morgan fingerprint density at radius 2 is 1.83 bits per heavy atom. The summed E-state index contributed by atoms with van der Waals surface area (Å²) in [6, 6.07) is 9.31. The zero-order valence-corrected chi connectivity index (χ0v) is 13.6. The van der Waals surface area contributed by atoms with Crippen molar-refractivity contribution < 1.29 is 14.9 Å². The van der Waals surface area contributed by atoms with Crippen molar-refractivity contribution in [1.82, 2.24) is 0 Å². The van der Waals surface area contributed by atoms with Gasteiger partial charge in [-0.05, 0) is 42.9 Å². The molecule has 0 spiro atoms. The molecule has 3 nitrogen and oxygen atoms in total. The first-order valence-corrected chi connectivity index (χ1v) is 8.52. The topological polar surface area (TPSA) is 49.7 Å². The first kappa shape index (κ1) is 15.7. The molecule has 2 N–H and O–H groups in total. The summed E-state index contributed by atoms with van der Waals surface area (Å²) >= 11 is 0. The van der Waals surface area contributed by atoms with Gasteiger partial charge in [0.15, 0.2) is 0 Å². The monoisotopic (exact) mass is 312 g/mol. The third-order valence-electron chi connectivity index (χ3n) is 4.48. The average Bonchev–Trinajstić information content (AvgIpc) is 2.70. The predicted octanol–water partition coefficient (Wildman–Crippen LogP) is 5.11. The second kappa shape index (κ2) is 6.95. The molecule has 122 valence electrons. The molecule has 0 fully saturated rings. The molecule has 0 saturated heterocycles. The molecule has 0 aromatic heterocycles. The van der Waals surface area contributed by atoms with Crippen LogP contribution in [0.4, 0.5) is 0 Å². The lowest BCUT2D eigenvalue weighted by molar-refractivity contribution is 0.427. The van der Waals surface area contributed by atoms with Gasteiger partial charge in [-0.2, -0.15) is 0 Å². The first-order valence-electron chi connectivity index (χ1n) is 8.52. The molecule has 3 heteroatoms. The molecule has 3 rings (SSSR count). The van der Waals surface area contributed by atoms with Crippen LogP contribution in [-0.2, 0) is 19.3 Å². The summed E-state index contributed by atoms with van der Waals surface area (Å²) in [5.74, 6) is 1.51. The van der Waals surface area contributed by atoms with Gasteiger partial charge >= 0.3 is 0 Å². The highest BCUT2D eigenvalue weighted by Gasteiger charge is 2.19. The fraction of sp³-hybridized carbons (Fsp3) is 0.400. The fourth-order valence-electron chi connectivity index (χ4n) is 3.18. The Kier molecular flexibility index (Phi) is 4.75. The van der Waals surface area contributed by atoms with E-state index < -0.39 is 0 Å². The van der Waals surface area contributed by atoms with E-state index in [0.717, 1.165) is 24.2 Å². The molecule has 1 heterocycles. The number of phenolic OH excluding ortho intramolecular Hbond substituents is 2. The lowest BCUT2D eigenvalue weighted by Gasteiger charge is -2.11. The Labute approximate surface area is 137 Å². The summed E-state index contributed by atoms with van der Waals surface area (Å²) in [4.78, 5) is 0. The largest absolute Gasteiger partial charge is 0.508 e. The molecule has 0 aliphatic carbocycles. The second-order valence-corrected chi connectivity index (χ2v) is 6.30. The summed E-state index contributed by atoms with van der Waals surface area (Å²) in [6.45, 7) is 2.23. The summed E-state index contributed by atoms with van der Waals surface area (Å²) in [7, 11) is 0. The summed E-state index contributed by atoms with van der Waals surface area (Å²) in [6.07, 6.45) is 7.72. The molecule has 0 saturated carbocycles. The molecular formula is C20H24O3. The van der Waals surface area contributed by atoms with E-state index in [2.05, 4.69) is 19.1 Å². The fourth-order valence-corrected chi connectivity index (χ4v) is 3.18. The predicted molar refractivity (Wildman–Crippen MR) is 91.5 cm³/mol. The Morgan fingerprint density at radius 1 is 0.957 bits per heavy atom. The third-order valence-corrected chi connectivity index (χ3v) is 4.48. The number of phenols is 2. The van der Waals surface area contributed by atoms with E-state index in [9.17, 15) is 10.2 Å². The number of fused-ring (bicyclic) bond motifs is 2. The van der Waals surface area contributed by atoms with Gasteiger partial charge in [0.05, 0.1) is 0 Å². The van der Waals surface area contributed by atoms with Crippen molar-refractivity contribution in [3.63, 3.8) is 0 Å². The van der Waals surface area contributed by atoms with Gasteiger partial charge in [0.1, 0.15) is 23.0 Å². The number of rotatable bonds is 5. The minimum atomic E-state index is 0.0252. The standard InChI is InChI=1S/C20H24O3/c1-2-3-4-5-6-14-7-10-19-15(11-14)8-9-17-18(22)12-16(21)13-20(17)23-19/h7,10-13,21-22H,2-6,8-9H2,1H3. The SMILES string of the molecule is CCCCCCc1ccc2c(c1)CCc1c(O)cc(O)cc1O2. The zero-order valence-electron chi connectivity index (χ0n) is 13.6. The smallest absolute Gasteiger partial charge is 0.138 e. The summed E-state index contributed by atoms with van der Waals surface area (Å²) < 4.78 is 5.94. The highest BCUT2D eigenvalue weighted by atomic mass is 16.5. The lowest BCUT2D eigenvalue weighted by Crippen LogP contribution is -1.93. The number of unbranched alkanes of at least 4 members (excludes halogenated alkanes) is 3. The molecule has 0 radical (unpaired) electrons. The minimum Gasteiger partial charge on any atom is -0.508 e. The van der Waals surface area contributed by atoms with Gasteiger partial charge in [-0.25, -0.2) is 0 Å². The van der Waals surface area contributed by atoms with Crippen LogP contribution in [-0.4, -0.2) is 10.2 Å². The van der Waals surface area contributed by atoms with Crippen molar-refractivity contribution in [2.45, 2.75) is 51.9 Å².